The Morgan fingerprint density at radius 2 is 1.81 bits per heavy atom. The molecule has 0 atom stereocenters. The maximum atomic E-state index is 12.7. The van der Waals surface area contributed by atoms with Gasteiger partial charge in [-0.3, -0.25) is 14.9 Å². The fraction of sp³-hybridized carbons (Fsp3) is 0.333. The Balaban J connectivity index is 1.70. The molecule has 2 aromatic carbocycles. The number of anilines is 1. The number of fused-ring (bicyclic) bond motifs is 1. The van der Waals surface area contributed by atoms with Crippen LogP contribution in [0.1, 0.15) is 23.6 Å². The summed E-state index contributed by atoms with van der Waals surface area (Å²) in [4.78, 5) is 25.1. The van der Waals surface area contributed by atoms with Crippen LogP contribution in [-0.4, -0.2) is 30.6 Å². The predicted molar refractivity (Wildman–Crippen MR) is 109 cm³/mol. The zero-order chi connectivity index (χ0) is 19.4. The van der Waals surface area contributed by atoms with Gasteiger partial charge in [-0.1, -0.05) is 30.3 Å². The summed E-state index contributed by atoms with van der Waals surface area (Å²) < 4.78 is 6.13. The molecule has 0 radical (unpaired) electrons. The lowest BCUT2D eigenvalue weighted by molar-refractivity contribution is -0.151. The molecule has 5 nitrogen and oxygen atoms in total. The fourth-order valence-electron chi connectivity index (χ4n) is 3.39. The Morgan fingerprint density at radius 1 is 1.15 bits per heavy atom. The molecule has 0 aliphatic heterocycles. The van der Waals surface area contributed by atoms with E-state index in [1.807, 2.05) is 49.4 Å². The van der Waals surface area contributed by atoms with E-state index >= 15 is 0 Å². The average molecular weight is 431 g/mol. The molecule has 2 N–H and O–H groups in total. The summed E-state index contributed by atoms with van der Waals surface area (Å²) in [6.45, 7) is 4.10. The molecule has 27 heavy (non-hydrogen) atoms. The van der Waals surface area contributed by atoms with Crippen LogP contribution in [0.2, 0.25) is 0 Å². The molecule has 1 amide bonds. The highest BCUT2D eigenvalue weighted by Gasteiger charge is 2.45. The number of amides is 1. The molecule has 0 fully saturated rings. The number of ether oxygens (including phenoxy) is 1. The summed E-state index contributed by atoms with van der Waals surface area (Å²) in [7, 11) is 0. The second-order valence-electron chi connectivity index (χ2n) is 6.81. The molecule has 0 saturated carbocycles. The largest absolute Gasteiger partial charge is 0.465 e. The monoisotopic (exact) mass is 430 g/mol. The molecule has 1 aliphatic rings. The van der Waals surface area contributed by atoms with Crippen LogP contribution in [0.3, 0.4) is 0 Å². The van der Waals surface area contributed by atoms with Gasteiger partial charge < -0.3 is 10.1 Å². The van der Waals surface area contributed by atoms with Gasteiger partial charge in [0.15, 0.2) is 0 Å². The van der Waals surface area contributed by atoms with E-state index in [2.05, 4.69) is 26.6 Å². The number of carbonyl (C=O) groups excluding carboxylic acids is 2. The Hall–Kier alpha value is -2.18. The van der Waals surface area contributed by atoms with Gasteiger partial charge in [0, 0.05) is 17.3 Å². The van der Waals surface area contributed by atoms with Crippen LogP contribution >= 0.6 is 15.9 Å². The third-order valence-electron chi connectivity index (χ3n) is 4.76. The Bertz CT molecular complexity index is 841. The molecule has 3 rings (SSSR count). The normalized spacial score (nSPS) is 14.5. The van der Waals surface area contributed by atoms with Crippen molar-refractivity contribution in [3.05, 3.63) is 63.6 Å². The number of esters is 1. The second kappa shape index (κ2) is 8.23. The van der Waals surface area contributed by atoms with Gasteiger partial charge in [0.2, 0.25) is 5.91 Å². The molecule has 0 aromatic heterocycles. The molecular weight excluding hydrogens is 408 g/mol. The van der Waals surface area contributed by atoms with Crippen molar-refractivity contribution in [3.8, 4) is 0 Å². The Kier molecular flexibility index (Phi) is 5.97. The minimum atomic E-state index is -0.901. The zero-order valence-corrected chi connectivity index (χ0v) is 17.1. The first-order chi connectivity index (χ1) is 12.9. The number of halogens is 1. The predicted octanol–water partition coefficient (Wildman–Crippen LogP) is 3.39. The molecule has 0 saturated heterocycles. The van der Waals surface area contributed by atoms with Crippen molar-refractivity contribution >= 4 is 33.5 Å². The molecule has 0 heterocycles. The number of benzene rings is 2. The lowest BCUT2D eigenvalue weighted by atomic mass is 9.95. The average Bonchev–Trinajstić information content (AvgIpc) is 3.03. The van der Waals surface area contributed by atoms with Crippen LogP contribution in [0.25, 0.3) is 0 Å². The first-order valence-electron chi connectivity index (χ1n) is 8.98. The maximum absolute atomic E-state index is 12.7. The van der Waals surface area contributed by atoms with Crippen molar-refractivity contribution in [1.29, 1.82) is 0 Å². The SMILES string of the molecule is CCOC(=O)C1(NCC(=O)Nc2ccc(C)cc2Br)Cc2ccccc2C1. The van der Waals surface area contributed by atoms with Crippen LogP contribution in [0.15, 0.2) is 46.9 Å². The van der Waals surface area contributed by atoms with E-state index < -0.39 is 5.54 Å². The number of aryl methyl sites for hydroxylation is 1. The molecular formula is C21H23BrN2O3. The van der Waals surface area contributed by atoms with E-state index in [0.717, 1.165) is 21.2 Å². The van der Waals surface area contributed by atoms with Gasteiger partial charge in [-0.25, -0.2) is 0 Å². The zero-order valence-electron chi connectivity index (χ0n) is 15.5. The topological polar surface area (TPSA) is 67.4 Å². The molecule has 1 aliphatic carbocycles. The van der Waals surface area contributed by atoms with Gasteiger partial charge >= 0.3 is 5.97 Å². The van der Waals surface area contributed by atoms with Gasteiger partial charge in [0.05, 0.1) is 18.8 Å². The number of nitrogens with one attached hydrogen (secondary N) is 2. The van der Waals surface area contributed by atoms with E-state index in [0.29, 0.717) is 25.1 Å². The highest BCUT2D eigenvalue weighted by Crippen LogP contribution is 2.31. The van der Waals surface area contributed by atoms with Crippen LogP contribution in [0.5, 0.6) is 0 Å². The third-order valence-corrected chi connectivity index (χ3v) is 5.41. The number of carbonyl (C=O) groups is 2. The lowest BCUT2D eigenvalue weighted by Gasteiger charge is -2.27. The first kappa shape index (κ1) is 19.6. The van der Waals surface area contributed by atoms with Gasteiger partial charge in [0.1, 0.15) is 5.54 Å². The van der Waals surface area contributed by atoms with Gasteiger partial charge in [-0.2, -0.15) is 0 Å². The Labute approximate surface area is 167 Å². The van der Waals surface area contributed by atoms with Crippen molar-refractivity contribution in [3.63, 3.8) is 0 Å². The van der Waals surface area contributed by atoms with Crippen LogP contribution in [-0.2, 0) is 27.2 Å². The fourth-order valence-corrected chi connectivity index (χ4v) is 3.98. The van der Waals surface area contributed by atoms with Crippen molar-refractivity contribution < 1.29 is 14.3 Å². The smallest absolute Gasteiger partial charge is 0.327 e. The lowest BCUT2D eigenvalue weighted by Crippen LogP contribution is -2.56. The number of hydrogen-bond acceptors (Lipinski definition) is 4. The Morgan fingerprint density at radius 3 is 2.41 bits per heavy atom. The van der Waals surface area contributed by atoms with E-state index in [9.17, 15) is 9.59 Å². The van der Waals surface area contributed by atoms with E-state index in [1.165, 1.54) is 0 Å². The minimum absolute atomic E-state index is 0.0210. The highest BCUT2D eigenvalue weighted by molar-refractivity contribution is 9.10. The molecule has 6 heteroatoms. The van der Waals surface area contributed by atoms with E-state index in [-0.39, 0.29) is 18.4 Å². The molecule has 0 unspecified atom stereocenters. The summed E-state index contributed by atoms with van der Waals surface area (Å²) >= 11 is 3.46. The van der Waals surface area contributed by atoms with Crippen molar-refractivity contribution in [1.82, 2.24) is 5.32 Å². The highest BCUT2D eigenvalue weighted by atomic mass is 79.9. The second-order valence-corrected chi connectivity index (χ2v) is 7.66. The standard InChI is InChI=1S/C21H23BrN2O3/c1-3-27-20(26)21(11-15-6-4-5-7-16(15)12-21)23-13-19(25)24-18-9-8-14(2)10-17(18)22/h4-10,23H,3,11-13H2,1-2H3,(H,24,25). The molecule has 142 valence electrons. The summed E-state index contributed by atoms with van der Waals surface area (Å²) in [5, 5.41) is 6.05. The van der Waals surface area contributed by atoms with Crippen LogP contribution < -0.4 is 10.6 Å². The van der Waals surface area contributed by atoms with Crippen molar-refractivity contribution in [2.45, 2.75) is 32.2 Å². The van der Waals surface area contributed by atoms with E-state index in [1.54, 1.807) is 6.92 Å². The van der Waals surface area contributed by atoms with Crippen LogP contribution in [0.4, 0.5) is 5.69 Å². The molecule has 2 aromatic rings. The number of rotatable bonds is 6. The van der Waals surface area contributed by atoms with Crippen molar-refractivity contribution in [2.24, 2.45) is 0 Å². The van der Waals surface area contributed by atoms with Gasteiger partial charge in [-0.15, -0.1) is 0 Å². The summed E-state index contributed by atoms with van der Waals surface area (Å²) in [6.07, 6.45) is 1.03. The summed E-state index contributed by atoms with van der Waals surface area (Å²) in [6, 6.07) is 13.7. The maximum Gasteiger partial charge on any atom is 0.327 e. The molecule has 0 bridgehead atoms. The third kappa shape index (κ3) is 4.39. The molecule has 0 spiro atoms. The number of hydrogen-bond donors (Lipinski definition) is 2. The summed E-state index contributed by atoms with van der Waals surface area (Å²) in [5.74, 6) is -0.523. The summed E-state index contributed by atoms with van der Waals surface area (Å²) in [5.41, 5.74) is 3.12. The van der Waals surface area contributed by atoms with Gasteiger partial charge in [0.25, 0.3) is 0 Å². The van der Waals surface area contributed by atoms with Gasteiger partial charge in [-0.05, 0) is 58.6 Å². The van der Waals surface area contributed by atoms with Crippen molar-refractivity contribution in [2.75, 3.05) is 18.5 Å². The van der Waals surface area contributed by atoms with E-state index in [4.69, 9.17) is 4.74 Å². The quantitative estimate of drug-likeness (QED) is 0.689. The first-order valence-corrected chi connectivity index (χ1v) is 9.78. The van der Waals surface area contributed by atoms with Crippen LogP contribution in [0, 0.1) is 6.92 Å². The minimum Gasteiger partial charge on any atom is -0.465 e.